The second kappa shape index (κ2) is 12.7. The molecule has 4 aromatic carbocycles. The first-order chi connectivity index (χ1) is 18.0. The second-order valence-electron chi connectivity index (χ2n) is 7.94. The van der Waals surface area contributed by atoms with E-state index < -0.39 is 0 Å². The topological polar surface area (TPSA) is 69.2 Å². The van der Waals surface area contributed by atoms with Crippen LogP contribution < -0.4 is 19.6 Å². The van der Waals surface area contributed by atoms with E-state index >= 15 is 0 Å². The summed E-state index contributed by atoms with van der Waals surface area (Å²) in [6.45, 7) is 0.695. The lowest BCUT2D eigenvalue weighted by atomic mass is 10.2. The number of carbonyl (C=O) groups is 1. The molecule has 6 nitrogen and oxygen atoms in total. The van der Waals surface area contributed by atoms with Crippen molar-refractivity contribution >= 4 is 28.1 Å². The number of hydrogen-bond donors (Lipinski definition) is 1. The van der Waals surface area contributed by atoms with E-state index in [4.69, 9.17) is 14.2 Å². The number of nitrogens with one attached hydrogen (secondary N) is 1. The molecule has 37 heavy (non-hydrogen) atoms. The van der Waals surface area contributed by atoms with Gasteiger partial charge in [0.05, 0.1) is 17.8 Å². The first-order valence-corrected chi connectivity index (χ1v) is 12.2. The van der Waals surface area contributed by atoms with Gasteiger partial charge in [0.25, 0.3) is 5.91 Å². The van der Waals surface area contributed by atoms with Crippen molar-refractivity contribution in [3.63, 3.8) is 0 Å². The Labute approximate surface area is 222 Å². The molecule has 1 amide bonds. The standard InChI is InChI=1S/C29H24BrFN2O4/c1-35-28-16-23(10-14-27(28)37-18-20-5-3-2-4-6-20)29(34)33-32-17-22-9-13-26(25(30)15-22)36-19-21-7-11-24(31)12-8-21/h2-17H,18-19H2,1H3,(H,33,34)/b32-17+. The van der Waals surface area contributed by atoms with Gasteiger partial charge < -0.3 is 14.2 Å². The summed E-state index contributed by atoms with van der Waals surface area (Å²) in [6, 6.07) is 26.3. The fourth-order valence-electron chi connectivity index (χ4n) is 3.35. The lowest BCUT2D eigenvalue weighted by Gasteiger charge is -2.12. The molecule has 0 bridgehead atoms. The Morgan fingerprint density at radius 2 is 1.54 bits per heavy atom. The van der Waals surface area contributed by atoms with Crippen molar-refractivity contribution in [2.45, 2.75) is 13.2 Å². The third-order valence-corrected chi connectivity index (χ3v) is 5.93. The van der Waals surface area contributed by atoms with Gasteiger partial charge in [-0.25, -0.2) is 9.82 Å². The molecule has 4 rings (SSSR count). The van der Waals surface area contributed by atoms with Crippen molar-refractivity contribution in [3.05, 3.63) is 124 Å². The molecule has 0 heterocycles. The molecule has 0 saturated carbocycles. The van der Waals surface area contributed by atoms with Crippen LogP contribution in [0, 0.1) is 5.82 Å². The third-order valence-electron chi connectivity index (χ3n) is 5.31. The maximum absolute atomic E-state index is 13.0. The Hall–Kier alpha value is -4.17. The van der Waals surface area contributed by atoms with Crippen LogP contribution in [-0.2, 0) is 13.2 Å². The first kappa shape index (κ1) is 25.9. The number of amides is 1. The molecule has 1 N–H and O–H groups in total. The summed E-state index contributed by atoms with van der Waals surface area (Å²) >= 11 is 3.48. The molecule has 188 valence electrons. The van der Waals surface area contributed by atoms with Gasteiger partial charge in [-0.2, -0.15) is 5.10 Å². The van der Waals surface area contributed by atoms with Gasteiger partial charge in [-0.3, -0.25) is 4.79 Å². The molecule has 0 aliphatic carbocycles. The van der Waals surface area contributed by atoms with E-state index in [1.165, 1.54) is 25.5 Å². The number of ether oxygens (including phenoxy) is 3. The van der Waals surface area contributed by atoms with E-state index in [1.807, 2.05) is 42.5 Å². The monoisotopic (exact) mass is 562 g/mol. The summed E-state index contributed by atoms with van der Waals surface area (Å²) in [4.78, 5) is 12.6. The van der Waals surface area contributed by atoms with E-state index in [0.717, 1.165) is 21.2 Å². The quantitative estimate of drug-likeness (QED) is 0.176. The average molecular weight is 563 g/mol. The first-order valence-electron chi connectivity index (χ1n) is 11.4. The zero-order valence-electron chi connectivity index (χ0n) is 20.0. The molecule has 0 saturated heterocycles. The predicted molar refractivity (Wildman–Crippen MR) is 144 cm³/mol. The van der Waals surface area contributed by atoms with Gasteiger partial charge in [0.15, 0.2) is 11.5 Å². The van der Waals surface area contributed by atoms with Crippen LogP contribution in [0.3, 0.4) is 0 Å². The highest BCUT2D eigenvalue weighted by atomic mass is 79.9. The summed E-state index contributed by atoms with van der Waals surface area (Å²) in [5, 5.41) is 4.05. The summed E-state index contributed by atoms with van der Waals surface area (Å²) in [7, 11) is 1.52. The minimum Gasteiger partial charge on any atom is -0.493 e. The number of hydrogen-bond acceptors (Lipinski definition) is 5. The summed E-state index contributed by atoms with van der Waals surface area (Å²) in [5.74, 6) is 0.949. The summed E-state index contributed by atoms with van der Waals surface area (Å²) < 4.78 is 30.8. The van der Waals surface area contributed by atoms with Crippen LogP contribution in [0.1, 0.15) is 27.0 Å². The van der Waals surface area contributed by atoms with Crippen molar-refractivity contribution in [1.82, 2.24) is 5.43 Å². The van der Waals surface area contributed by atoms with Gasteiger partial charge in [-0.1, -0.05) is 42.5 Å². The zero-order chi connectivity index (χ0) is 26.0. The largest absolute Gasteiger partial charge is 0.493 e. The maximum Gasteiger partial charge on any atom is 0.271 e. The molecule has 0 aliphatic heterocycles. The Morgan fingerprint density at radius 3 is 2.24 bits per heavy atom. The van der Waals surface area contributed by atoms with E-state index in [-0.39, 0.29) is 11.7 Å². The van der Waals surface area contributed by atoms with E-state index in [9.17, 15) is 9.18 Å². The number of methoxy groups -OCH3 is 1. The lowest BCUT2D eigenvalue weighted by Crippen LogP contribution is -2.17. The van der Waals surface area contributed by atoms with Gasteiger partial charge in [0.2, 0.25) is 0 Å². The third kappa shape index (κ3) is 7.41. The normalized spacial score (nSPS) is 10.8. The summed E-state index contributed by atoms with van der Waals surface area (Å²) in [5.41, 5.74) is 5.54. The van der Waals surface area contributed by atoms with E-state index in [1.54, 1.807) is 36.4 Å². The highest BCUT2D eigenvalue weighted by Crippen LogP contribution is 2.29. The van der Waals surface area contributed by atoms with Crippen LogP contribution in [-0.4, -0.2) is 19.2 Å². The zero-order valence-corrected chi connectivity index (χ0v) is 21.6. The van der Waals surface area contributed by atoms with Gasteiger partial charge in [-0.05, 0) is 81.2 Å². The number of nitrogens with zero attached hydrogens (tertiary/aromatic N) is 1. The van der Waals surface area contributed by atoms with Gasteiger partial charge in [0.1, 0.15) is 24.8 Å². The van der Waals surface area contributed by atoms with Gasteiger partial charge >= 0.3 is 0 Å². The average Bonchev–Trinajstić information content (AvgIpc) is 2.92. The molecule has 0 spiro atoms. The molecule has 0 aromatic heterocycles. The van der Waals surface area contributed by atoms with Crippen LogP contribution in [0.2, 0.25) is 0 Å². The van der Waals surface area contributed by atoms with Crippen LogP contribution in [0.15, 0.2) is 101 Å². The van der Waals surface area contributed by atoms with Crippen LogP contribution in [0.4, 0.5) is 4.39 Å². The number of benzene rings is 4. The van der Waals surface area contributed by atoms with Crippen molar-refractivity contribution in [3.8, 4) is 17.2 Å². The maximum atomic E-state index is 13.0. The molecule has 8 heteroatoms. The van der Waals surface area contributed by atoms with Crippen LogP contribution >= 0.6 is 15.9 Å². The number of carbonyl (C=O) groups excluding carboxylic acids is 1. The molecular weight excluding hydrogens is 539 g/mol. The lowest BCUT2D eigenvalue weighted by molar-refractivity contribution is 0.0954. The fourth-order valence-corrected chi connectivity index (χ4v) is 3.86. The predicted octanol–water partition coefficient (Wildman–Crippen LogP) is 6.52. The van der Waals surface area contributed by atoms with Crippen molar-refractivity contribution in [1.29, 1.82) is 0 Å². The number of hydrazone groups is 1. The molecule has 4 aromatic rings. The van der Waals surface area contributed by atoms with Gasteiger partial charge in [-0.15, -0.1) is 0 Å². The van der Waals surface area contributed by atoms with Crippen LogP contribution in [0.25, 0.3) is 0 Å². The SMILES string of the molecule is COc1cc(C(=O)N/N=C/c2ccc(OCc3ccc(F)cc3)c(Br)c2)ccc1OCc1ccccc1. The summed E-state index contributed by atoms with van der Waals surface area (Å²) in [6.07, 6.45) is 1.53. The second-order valence-corrected chi connectivity index (χ2v) is 8.80. The van der Waals surface area contributed by atoms with Crippen LogP contribution in [0.5, 0.6) is 17.2 Å². The molecule has 0 unspecified atom stereocenters. The number of halogens is 2. The van der Waals surface area contributed by atoms with Gasteiger partial charge in [0, 0.05) is 5.56 Å². The van der Waals surface area contributed by atoms with Crippen molar-refractivity contribution in [2.24, 2.45) is 5.10 Å². The molecular formula is C29H24BrFN2O4. The van der Waals surface area contributed by atoms with Crippen molar-refractivity contribution < 1.29 is 23.4 Å². The molecule has 0 aliphatic rings. The fraction of sp³-hybridized carbons (Fsp3) is 0.103. The van der Waals surface area contributed by atoms with Crippen molar-refractivity contribution in [2.75, 3.05) is 7.11 Å². The highest BCUT2D eigenvalue weighted by Gasteiger charge is 2.11. The van der Waals surface area contributed by atoms with E-state index in [2.05, 4.69) is 26.5 Å². The smallest absolute Gasteiger partial charge is 0.271 e. The number of rotatable bonds is 10. The van der Waals surface area contributed by atoms with E-state index in [0.29, 0.717) is 36.0 Å². The Bertz CT molecular complexity index is 1380. The minimum absolute atomic E-state index is 0.287. The Balaban J connectivity index is 1.32. The Morgan fingerprint density at radius 1 is 0.865 bits per heavy atom. The molecule has 0 atom stereocenters. The molecule has 0 fully saturated rings. The molecule has 0 radical (unpaired) electrons. The Kier molecular flexibility index (Phi) is 8.89. The minimum atomic E-state index is -0.387. The highest BCUT2D eigenvalue weighted by molar-refractivity contribution is 9.10.